The van der Waals surface area contributed by atoms with Gasteiger partial charge in [-0.3, -0.25) is 0 Å². The summed E-state index contributed by atoms with van der Waals surface area (Å²) in [5.74, 6) is 0.875. The van der Waals surface area contributed by atoms with Crippen LogP contribution >= 0.6 is 0 Å². The molecule has 1 aliphatic carbocycles. The van der Waals surface area contributed by atoms with Crippen LogP contribution in [0.3, 0.4) is 0 Å². The Balaban J connectivity index is 1.42. The van der Waals surface area contributed by atoms with Gasteiger partial charge < -0.3 is 10.2 Å². The zero-order valence-corrected chi connectivity index (χ0v) is 12.7. The van der Waals surface area contributed by atoms with Crippen LogP contribution in [0.5, 0.6) is 0 Å². The SMILES string of the molecule is CCC(Cc1ccccc1)NCC1CCN(C2CC2)C1. The van der Waals surface area contributed by atoms with Gasteiger partial charge in [0, 0.05) is 18.6 Å². The fourth-order valence-corrected chi connectivity index (χ4v) is 3.39. The molecule has 1 aromatic rings. The zero-order valence-electron chi connectivity index (χ0n) is 12.7. The van der Waals surface area contributed by atoms with Crippen molar-refractivity contribution in [3.05, 3.63) is 35.9 Å². The van der Waals surface area contributed by atoms with Crippen molar-refractivity contribution in [2.24, 2.45) is 5.92 Å². The fraction of sp³-hybridized carbons (Fsp3) is 0.667. The number of nitrogens with zero attached hydrogens (tertiary/aromatic N) is 1. The van der Waals surface area contributed by atoms with Gasteiger partial charge in [-0.1, -0.05) is 37.3 Å². The van der Waals surface area contributed by atoms with Gasteiger partial charge in [-0.05, 0) is 56.7 Å². The molecule has 0 aromatic heterocycles. The van der Waals surface area contributed by atoms with Crippen LogP contribution in [-0.4, -0.2) is 36.6 Å². The molecule has 0 amide bonds. The normalized spacial score (nSPS) is 24.9. The third-order valence-electron chi connectivity index (χ3n) is 4.89. The van der Waals surface area contributed by atoms with E-state index in [1.807, 2.05) is 0 Å². The van der Waals surface area contributed by atoms with Crippen LogP contribution in [0.2, 0.25) is 0 Å². The van der Waals surface area contributed by atoms with Gasteiger partial charge >= 0.3 is 0 Å². The highest BCUT2D eigenvalue weighted by Crippen LogP contribution is 2.31. The molecule has 1 saturated heterocycles. The molecule has 1 N–H and O–H groups in total. The first kappa shape index (κ1) is 14.1. The van der Waals surface area contributed by atoms with Crippen LogP contribution in [0.1, 0.15) is 38.2 Å². The molecule has 1 aliphatic heterocycles. The van der Waals surface area contributed by atoms with Gasteiger partial charge in [-0.15, -0.1) is 0 Å². The third-order valence-corrected chi connectivity index (χ3v) is 4.89. The Kier molecular flexibility index (Phi) is 4.74. The second kappa shape index (κ2) is 6.73. The van der Waals surface area contributed by atoms with E-state index >= 15 is 0 Å². The van der Waals surface area contributed by atoms with E-state index in [0.717, 1.165) is 18.4 Å². The van der Waals surface area contributed by atoms with E-state index in [2.05, 4.69) is 47.5 Å². The molecule has 1 heterocycles. The maximum atomic E-state index is 3.81. The maximum Gasteiger partial charge on any atom is 0.0105 e. The van der Waals surface area contributed by atoms with E-state index in [1.165, 1.54) is 50.9 Å². The molecule has 1 aromatic carbocycles. The summed E-state index contributed by atoms with van der Waals surface area (Å²) in [5.41, 5.74) is 1.46. The van der Waals surface area contributed by atoms with Crippen molar-refractivity contribution in [3.63, 3.8) is 0 Å². The van der Waals surface area contributed by atoms with Gasteiger partial charge in [0.2, 0.25) is 0 Å². The lowest BCUT2D eigenvalue weighted by Crippen LogP contribution is -2.35. The molecule has 2 heteroatoms. The molecule has 0 bridgehead atoms. The molecule has 20 heavy (non-hydrogen) atoms. The second-order valence-corrected chi connectivity index (χ2v) is 6.58. The number of likely N-dealkylation sites (tertiary alicyclic amines) is 1. The summed E-state index contributed by atoms with van der Waals surface area (Å²) in [4.78, 5) is 2.71. The third kappa shape index (κ3) is 3.83. The second-order valence-electron chi connectivity index (χ2n) is 6.58. The van der Waals surface area contributed by atoms with E-state index in [9.17, 15) is 0 Å². The number of nitrogens with one attached hydrogen (secondary N) is 1. The molecule has 2 aliphatic rings. The first-order valence-electron chi connectivity index (χ1n) is 8.36. The average Bonchev–Trinajstić information content (AvgIpc) is 3.24. The minimum Gasteiger partial charge on any atom is -0.313 e. The van der Waals surface area contributed by atoms with Crippen molar-refractivity contribution in [3.8, 4) is 0 Å². The van der Waals surface area contributed by atoms with Crippen molar-refractivity contribution in [1.82, 2.24) is 10.2 Å². The van der Waals surface area contributed by atoms with Crippen LogP contribution in [0.25, 0.3) is 0 Å². The summed E-state index contributed by atoms with van der Waals surface area (Å²) >= 11 is 0. The fourth-order valence-electron chi connectivity index (χ4n) is 3.39. The molecule has 0 spiro atoms. The minimum atomic E-state index is 0.632. The maximum absolute atomic E-state index is 3.81. The Labute approximate surface area is 123 Å². The van der Waals surface area contributed by atoms with Crippen molar-refractivity contribution in [1.29, 1.82) is 0 Å². The Morgan fingerprint density at radius 2 is 2.00 bits per heavy atom. The summed E-state index contributed by atoms with van der Waals surface area (Å²) in [6.07, 6.45) is 6.67. The molecule has 110 valence electrons. The topological polar surface area (TPSA) is 15.3 Å². The van der Waals surface area contributed by atoms with Gasteiger partial charge in [0.1, 0.15) is 0 Å². The first-order valence-corrected chi connectivity index (χ1v) is 8.36. The van der Waals surface area contributed by atoms with Crippen LogP contribution in [0.4, 0.5) is 0 Å². The lowest BCUT2D eigenvalue weighted by atomic mass is 10.0. The number of hydrogen-bond donors (Lipinski definition) is 1. The van der Waals surface area contributed by atoms with E-state index in [0.29, 0.717) is 6.04 Å². The summed E-state index contributed by atoms with van der Waals surface area (Å²) in [7, 11) is 0. The number of hydrogen-bond acceptors (Lipinski definition) is 2. The van der Waals surface area contributed by atoms with Gasteiger partial charge in [-0.2, -0.15) is 0 Å². The summed E-state index contributed by atoms with van der Waals surface area (Å²) < 4.78 is 0. The van der Waals surface area contributed by atoms with Crippen LogP contribution in [-0.2, 0) is 6.42 Å². The van der Waals surface area contributed by atoms with Crippen LogP contribution in [0, 0.1) is 5.92 Å². The molecule has 2 unspecified atom stereocenters. The summed E-state index contributed by atoms with van der Waals surface area (Å²) in [5, 5.41) is 3.81. The van der Waals surface area contributed by atoms with Gasteiger partial charge in [0.15, 0.2) is 0 Å². The summed E-state index contributed by atoms with van der Waals surface area (Å²) in [6, 6.07) is 12.5. The van der Waals surface area contributed by atoms with Gasteiger partial charge in [0.05, 0.1) is 0 Å². The van der Waals surface area contributed by atoms with E-state index < -0.39 is 0 Å². The highest BCUT2D eigenvalue weighted by Gasteiger charge is 2.34. The molecule has 1 saturated carbocycles. The monoisotopic (exact) mass is 272 g/mol. The van der Waals surface area contributed by atoms with Crippen molar-refractivity contribution in [2.45, 2.75) is 51.1 Å². The van der Waals surface area contributed by atoms with Gasteiger partial charge in [-0.25, -0.2) is 0 Å². The lowest BCUT2D eigenvalue weighted by molar-refractivity contribution is 0.308. The average molecular weight is 272 g/mol. The lowest BCUT2D eigenvalue weighted by Gasteiger charge is -2.20. The van der Waals surface area contributed by atoms with Crippen LogP contribution in [0.15, 0.2) is 30.3 Å². The van der Waals surface area contributed by atoms with Crippen molar-refractivity contribution < 1.29 is 0 Å². The van der Waals surface area contributed by atoms with E-state index in [1.54, 1.807) is 0 Å². The molecule has 2 fully saturated rings. The highest BCUT2D eigenvalue weighted by atomic mass is 15.2. The molecular weight excluding hydrogens is 244 g/mol. The molecular formula is C18H28N2. The Morgan fingerprint density at radius 3 is 2.70 bits per heavy atom. The largest absolute Gasteiger partial charge is 0.313 e. The van der Waals surface area contributed by atoms with Gasteiger partial charge in [0.25, 0.3) is 0 Å². The standard InChI is InChI=1S/C18H28N2/c1-2-17(12-15-6-4-3-5-7-15)19-13-16-10-11-20(14-16)18-8-9-18/h3-7,16-19H,2,8-14H2,1H3. The Hall–Kier alpha value is -0.860. The molecule has 2 nitrogen and oxygen atoms in total. The molecule has 3 rings (SSSR count). The smallest absolute Gasteiger partial charge is 0.0105 e. The van der Waals surface area contributed by atoms with E-state index in [4.69, 9.17) is 0 Å². The molecule has 2 atom stereocenters. The Morgan fingerprint density at radius 1 is 1.20 bits per heavy atom. The number of benzene rings is 1. The van der Waals surface area contributed by atoms with Crippen molar-refractivity contribution in [2.75, 3.05) is 19.6 Å². The quantitative estimate of drug-likeness (QED) is 0.820. The predicted molar refractivity (Wildman–Crippen MR) is 84.9 cm³/mol. The van der Waals surface area contributed by atoms with Crippen molar-refractivity contribution >= 4 is 0 Å². The van der Waals surface area contributed by atoms with Crippen LogP contribution < -0.4 is 5.32 Å². The molecule has 0 radical (unpaired) electrons. The Bertz CT molecular complexity index is 399. The minimum absolute atomic E-state index is 0.632. The first-order chi connectivity index (χ1) is 9.85. The highest BCUT2D eigenvalue weighted by molar-refractivity contribution is 5.15. The predicted octanol–water partition coefficient (Wildman–Crippen LogP) is 3.08. The number of rotatable bonds is 7. The van der Waals surface area contributed by atoms with E-state index in [-0.39, 0.29) is 0 Å². The zero-order chi connectivity index (χ0) is 13.8. The summed E-state index contributed by atoms with van der Waals surface area (Å²) in [6.45, 7) is 6.17.